The fraction of sp³-hybridized carbons (Fsp3) is 0.500. The Bertz CT molecular complexity index is 842. The van der Waals surface area contributed by atoms with E-state index in [1.807, 2.05) is 6.92 Å². The molecular weight excluding hydrogens is 437 g/mol. The molecule has 0 atom stereocenters. The van der Waals surface area contributed by atoms with Crippen LogP contribution in [0.4, 0.5) is 18.9 Å². The predicted molar refractivity (Wildman–Crippen MR) is 90.9 cm³/mol. The van der Waals surface area contributed by atoms with E-state index in [0.29, 0.717) is 17.6 Å². The van der Waals surface area contributed by atoms with Crippen LogP contribution in [0.2, 0.25) is 0 Å². The van der Waals surface area contributed by atoms with Gasteiger partial charge in [-0.25, -0.2) is 0 Å². The molecule has 27 heavy (non-hydrogen) atoms. The molecule has 0 aliphatic carbocycles. The van der Waals surface area contributed by atoms with Crippen molar-refractivity contribution in [2.24, 2.45) is 0 Å². The molecule has 1 amide bonds. The molecule has 148 valence electrons. The molecule has 9 nitrogen and oxygen atoms in total. The number of nitro groups is 1. The monoisotopic (exact) mass is 452 g/mol. The number of carbonyl (C=O) groups excluding carboxylic acids is 1. The Balaban J connectivity index is 1.94. The van der Waals surface area contributed by atoms with Gasteiger partial charge >= 0.3 is 11.9 Å². The highest BCUT2D eigenvalue weighted by Crippen LogP contribution is 2.36. The van der Waals surface area contributed by atoms with E-state index in [1.54, 1.807) is 10.9 Å². The highest BCUT2D eigenvalue weighted by atomic mass is 79.9. The van der Waals surface area contributed by atoms with Crippen LogP contribution in [0.3, 0.4) is 0 Å². The molecule has 0 radical (unpaired) electrons. The lowest BCUT2D eigenvalue weighted by molar-refractivity contribution is -0.388. The Morgan fingerprint density at radius 2 is 2.04 bits per heavy atom. The molecular formula is C14H16BrF3N6O3. The summed E-state index contributed by atoms with van der Waals surface area (Å²) < 4.78 is 41.9. The molecule has 0 aliphatic heterocycles. The topological polar surface area (TPSA) is 108 Å². The quantitative estimate of drug-likeness (QED) is 0.394. The first-order chi connectivity index (χ1) is 12.5. The number of aryl methyl sites for hydroxylation is 2. The first-order valence-corrected chi connectivity index (χ1v) is 8.55. The van der Waals surface area contributed by atoms with E-state index >= 15 is 0 Å². The number of hydrogen-bond donors (Lipinski definition) is 1. The lowest BCUT2D eigenvalue weighted by Gasteiger charge is -2.06. The van der Waals surface area contributed by atoms with Gasteiger partial charge < -0.3 is 5.32 Å². The van der Waals surface area contributed by atoms with Crippen LogP contribution in [-0.4, -0.2) is 36.9 Å². The van der Waals surface area contributed by atoms with E-state index in [2.05, 4.69) is 31.4 Å². The van der Waals surface area contributed by atoms with Crippen LogP contribution in [0, 0.1) is 24.0 Å². The fourth-order valence-corrected chi connectivity index (χ4v) is 2.68. The average Bonchev–Trinajstić information content (AvgIpc) is 3.04. The Morgan fingerprint density at radius 3 is 2.52 bits per heavy atom. The first kappa shape index (κ1) is 20.9. The molecule has 0 saturated carbocycles. The van der Waals surface area contributed by atoms with E-state index in [0.717, 1.165) is 17.1 Å². The molecule has 2 rings (SSSR count). The Hall–Kier alpha value is -2.44. The van der Waals surface area contributed by atoms with Crippen molar-refractivity contribution in [1.29, 1.82) is 0 Å². The highest BCUT2D eigenvalue weighted by molar-refractivity contribution is 9.10. The van der Waals surface area contributed by atoms with Crippen molar-refractivity contribution in [1.82, 2.24) is 24.9 Å². The number of carbonyl (C=O) groups is 1. The molecule has 0 bridgehead atoms. The largest absolute Gasteiger partial charge is 0.442 e. The fourth-order valence-electron chi connectivity index (χ4n) is 2.37. The minimum Gasteiger partial charge on any atom is -0.354 e. The maximum absolute atomic E-state index is 12.9. The zero-order valence-electron chi connectivity index (χ0n) is 14.4. The van der Waals surface area contributed by atoms with Gasteiger partial charge in [0.2, 0.25) is 11.6 Å². The van der Waals surface area contributed by atoms with Gasteiger partial charge in [-0.15, -0.1) is 0 Å². The summed E-state index contributed by atoms with van der Waals surface area (Å²) in [6.07, 6.45) is -2.64. The van der Waals surface area contributed by atoms with Crippen molar-refractivity contribution in [2.75, 3.05) is 6.54 Å². The maximum Gasteiger partial charge on any atom is 0.442 e. The van der Waals surface area contributed by atoms with Crippen LogP contribution in [0.15, 0.2) is 10.7 Å². The third-order valence-corrected chi connectivity index (χ3v) is 4.47. The van der Waals surface area contributed by atoms with Gasteiger partial charge in [-0.05, 0) is 36.2 Å². The zero-order valence-corrected chi connectivity index (χ0v) is 16.0. The van der Waals surface area contributed by atoms with Gasteiger partial charge in [0.25, 0.3) is 0 Å². The normalized spacial score (nSPS) is 11.6. The lowest BCUT2D eigenvalue weighted by Crippen LogP contribution is -2.30. The summed E-state index contributed by atoms with van der Waals surface area (Å²) in [6.45, 7) is 3.21. The van der Waals surface area contributed by atoms with Crippen molar-refractivity contribution in [3.63, 3.8) is 0 Å². The minimum absolute atomic E-state index is 0.268. The number of nitrogens with zero attached hydrogens (tertiary/aromatic N) is 5. The van der Waals surface area contributed by atoms with Crippen molar-refractivity contribution in [2.45, 2.75) is 39.5 Å². The van der Waals surface area contributed by atoms with Crippen molar-refractivity contribution >= 4 is 27.5 Å². The van der Waals surface area contributed by atoms with Gasteiger partial charge in [0.15, 0.2) is 0 Å². The lowest BCUT2D eigenvalue weighted by atomic mass is 10.3. The number of hydrogen-bond acceptors (Lipinski definition) is 5. The number of alkyl halides is 3. The minimum atomic E-state index is -4.98. The van der Waals surface area contributed by atoms with Crippen molar-refractivity contribution < 1.29 is 22.9 Å². The Kier molecular flexibility index (Phi) is 6.23. The van der Waals surface area contributed by atoms with Crippen LogP contribution < -0.4 is 5.32 Å². The van der Waals surface area contributed by atoms with Crippen LogP contribution in [0.1, 0.15) is 23.5 Å². The van der Waals surface area contributed by atoms with Crippen LogP contribution in [-0.2, 0) is 24.1 Å². The number of nitrogens with one attached hydrogen (secondary N) is 1. The Labute approximate surface area is 159 Å². The molecule has 2 aromatic heterocycles. The second-order valence-corrected chi connectivity index (χ2v) is 6.58. The van der Waals surface area contributed by atoms with Gasteiger partial charge in [0.05, 0.1) is 15.1 Å². The summed E-state index contributed by atoms with van der Waals surface area (Å²) in [4.78, 5) is 21.7. The van der Waals surface area contributed by atoms with E-state index in [4.69, 9.17) is 0 Å². The highest BCUT2D eigenvalue weighted by Gasteiger charge is 2.44. The smallest absolute Gasteiger partial charge is 0.354 e. The molecule has 0 aromatic carbocycles. The van der Waals surface area contributed by atoms with Gasteiger partial charge in [-0.3, -0.25) is 24.3 Å². The van der Waals surface area contributed by atoms with E-state index in [9.17, 15) is 28.1 Å². The van der Waals surface area contributed by atoms with Gasteiger partial charge in [0, 0.05) is 19.3 Å². The number of rotatable bonds is 7. The van der Waals surface area contributed by atoms with Crippen LogP contribution >= 0.6 is 15.9 Å². The van der Waals surface area contributed by atoms with E-state index < -0.39 is 34.9 Å². The molecule has 0 unspecified atom stereocenters. The van der Waals surface area contributed by atoms with Gasteiger partial charge in [-0.1, -0.05) is 0 Å². The predicted octanol–water partition coefficient (Wildman–Crippen LogP) is 2.59. The standard InChI is InChI=1S/C14H16BrF3N6O3/c1-8-10(15)6-22(20-8)5-3-4-19-11(25)7-23-9(2)12(24(26)27)13(21-23)14(16,17)18/h6H,3-5,7H2,1-2H3,(H,19,25). The molecule has 0 spiro atoms. The van der Waals surface area contributed by atoms with Crippen molar-refractivity contribution in [3.05, 3.63) is 37.9 Å². The number of halogens is 4. The zero-order chi connectivity index (χ0) is 20.4. The summed E-state index contributed by atoms with van der Waals surface area (Å²) in [5.74, 6) is -0.595. The second kappa shape index (κ2) is 8.06. The van der Waals surface area contributed by atoms with Crippen LogP contribution in [0.5, 0.6) is 0 Å². The first-order valence-electron chi connectivity index (χ1n) is 7.76. The van der Waals surface area contributed by atoms with E-state index in [1.165, 1.54) is 0 Å². The van der Waals surface area contributed by atoms with Gasteiger partial charge in [-0.2, -0.15) is 23.4 Å². The third kappa shape index (κ3) is 5.05. The summed E-state index contributed by atoms with van der Waals surface area (Å²) in [5, 5.41) is 20.9. The van der Waals surface area contributed by atoms with E-state index in [-0.39, 0.29) is 12.2 Å². The molecule has 0 aliphatic rings. The van der Waals surface area contributed by atoms with Gasteiger partial charge in [0.1, 0.15) is 12.2 Å². The summed E-state index contributed by atoms with van der Waals surface area (Å²) in [5.41, 5.74) is -2.26. The molecule has 0 saturated heterocycles. The molecule has 0 fully saturated rings. The van der Waals surface area contributed by atoms with Crippen LogP contribution in [0.25, 0.3) is 0 Å². The molecule has 1 N–H and O–H groups in total. The summed E-state index contributed by atoms with van der Waals surface area (Å²) in [7, 11) is 0. The Morgan fingerprint density at radius 1 is 1.37 bits per heavy atom. The third-order valence-electron chi connectivity index (χ3n) is 3.69. The number of aromatic nitrogens is 4. The SMILES string of the molecule is Cc1nn(CCCNC(=O)Cn2nc(C(F)(F)F)c([N+](=O)[O-])c2C)cc1Br. The van der Waals surface area contributed by atoms with Crippen molar-refractivity contribution in [3.8, 4) is 0 Å². The molecule has 2 heterocycles. The summed E-state index contributed by atoms with van der Waals surface area (Å²) >= 11 is 3.33. The average molecular weight is 453 g/mol. The second-order valence-electron chi connectivity index (χ2n) is 5.72. The number of amides is 1. The molecule has 2 aromatic rings. The molecule has 13 heteroatoms. The maximum atomic E-state index is 12.9. The summed E-state index contributed by atoms with van der Waals surface area (Å²) in [6, 6.07) is 0.